The highest BCUT2D eigenvalue weighted by atomic mass is 16.5. The summed E-state index contributed by atoms with van der Waals surface area (Å²) < 4.78 is 22.4. The second-order valence-corrected chi connectivity index (χ2v) is 8.60. The van der Waals surface area contributed by atoms with Gasteiger partial charge in [0.2, 0.25) is 5.78 Å². The molecule has 0 radical (unpaired) electrons. The predicted molar refractivity (Wildman–Crippen MR) is 135 cm³/mol. The summed E-state index contributed by atoms with van der Waals surface area (Å²) in [5.74, 6) is -0.697. The highest BCUT2D eigenvalue weighted by Crippen LogP contribution is 2.42. The van der Waals surface area contributed by atoms with Crippen molar-refractivity contribution >= 4 is 22.7 Å². The van der Waals surface area contributed by atoms with Crippen molar-refractivity contribution in [1.29, 1.82) is 0 Å². The van der Waals surface area contributed by atoms with Gasteiger partial charge in [0.05, 0.1) is 31.9 Å². The molecule has 0 fully saturated rings. The first-order valence-electron chi connectivity index (χ1n) is 12.1. The van der Waals surface area contributed by atoms with E-state index >= 15 is 0 Å². The summed E-state index contributed by atoms with van der Waals surface area (Å²) in [7, 11) is 3.06. The van der Waals surface area contributed by atoms with E-state index in [1.807, 2.05) is 18.2 Å². The number of hydrogen-bond donors (Lipinski definition) is 1. The maximum Gasteiger partial charge on any atom is 0.290 e. The summed E-state index contributed by atoms with van der Waals surface area (Å²) in [6.07, 6.45) is 3.08. The number of aliphatic hydroxyl groups is 1. The van der Waals surface area contributed by atoms with Crippen molar-refractivity contribution in [2.24, 2.45) is 0 Å². The molecule has 8 nitrogen and oxygen atoms in total. The Labute approximate surface area is 210 Å². The average molecular weight is 494 g/mol. The number of carbonyl (C=O) groups is 2. The number of para-hydroxylation sites is 1. The first-order valence-corrected chi connectivity index (χ1v) is 12.1. The second kappa shape index (κ2) is 11.3. The minimum absolute atomic E-state index is 0.0474. The van der Waals surface area contributed by atoms with Gasteiger partial charge in [-0.2, -0.15) is 0 Å². The van der Waals surface area contributed by atoms with Gasteiger partial charge in [0, 0.05) is 19.0 Å². The first kappa shape index (κ1) is 25.3. The Hall–Kier alpha value is -3.78. The number of Topliss-reactive ketones (excluding diaryl/α,β-unsaturated/α-hetero) is 1. The second-order valence-electron chi connectivity index (χ2n) is 8.60. The number of ketones is 1. The van der Waals surface area contributed by atoms with Gasteiger partial charge in [-0.05, 0) is 36.2 Å². The van der Waals surface area contributed by atoms with Crippen LogP contribution in [0.4, 0.5) is 0 Å². The average Bonchev–Trinajstić information content (AvgIpc) is 3.44. The number of aliphatic hydroxyl groups excluding tert-OH is 1. The lowest BCUT2D eigenvalue weighted by Crippen LogP contribution is -2.34. The zero-order chi connectivity index (χ0) is 25.7. The van der Waals surface area contributed by atoms with Crippen molar-refractivity contribution in [2.75, 3.05) is 34.0 Å². The van der Waals surface area contributed by atoms with E-state index in [1.165, 1.54) is 19.1 Å². The number of carbonyl (C=O) groups excluding carboxylic acids is 2. The quantitative estimate of drug-likeness (QED) is 0.272. The molecule has 0 aliphatic carbocycles. The van der Waals surface area contributed by atoms with Crippen LogP contribution >= 0.6 is 0 Å². The lowest BCUT2D eigenvalue weighted by molar-refractivity contribution is -0.130. The SMILES string of the molecule is CCCCCOc1ccc(C2C(C(=O)c3cc4ccccc4o3)=C(O)C(=O)N2CCOC)cc1OC. The van der Waals surface area contributed by atoms with Gasteiger partial charge >= 0.3 is 0 Å². The number of fused-ring (bicyclic) bond motifs is 1. The normalized spacial score (nSPS) is 15.7. The van der Waals surface area contributed by atoms with Gasteiger partial charge in [0.1, 0.15) is 5.58 Å². The largest absolute Gasteiger partial charge is 0.503 e. The van der Waals surface area contributed by atoms with Gasteiger partial charge in [0.25, 0.3) is 5.91 Å². The molecule has 1 unspecified atom stereocenters. The molecule has 1 amide bonds. The number of ether oxygens (including phenoxy) is 3. The molecule has 0 saturated carbocycles. The van der Waals surface area contributed by atoms with Crippen LogP contribution in [0.5, 0.6) is 11.5 Å². The molecule has 1 aliphatic heterocycles. The van der Waals surface area contributed by atoms with Gasteiger partial charge in [-0.1, -0.05) is 44.0 Å². The number of amides is 1. The first-order chi connectivity index (χ1) is 17.5. The Bertz CT molecular complexity index is 1240. The summed E-state index contributed by atoms with van der Waals surface area (Å²) in [5.41, 5.74) is 1.10. The van der Waals surface area contributed by atoms with Crippen LogP contribution < -0.4 is 9.47 Å². The van der Waals surface area contributed by atoms with Crippen LogP contribution in [0.15, 0.2) is 64.3 Å². The van der Waals surface area contributed by atoms with E-state index in [1.54, 1.807) is 30.3 Å². The molecule has 0 bridgehead atoms. The summed E-state index contributed by atoms with van der Waals surface area (Å²) in [4.78, 5) is 28.1. The summed E-state index contributed by atoms with van der Waals surface area (Å²) in [6.45, 7) is 3.10. The fraction of sp³-hybridized carbons (Fsp3) is 0.357. The molecule has 4 rings (SSSR count). The van der Waals surface area contributed by atoms with Crippen LogP contribution in [0.25, 0.3) is 11.0 Å². The lowest BCUT2D eigenvalue weighted by Gasteiger charge is -2.27. The van der Waals surface area contributed by atoms with Crippen molar-refractivity contribution in [3.63, 3.8) is 0 Å². The molecule has 0 spiro atoms. The van der Waals surface area contributed by atoms with Crippen molar-refractivity contribution in [3.05, 3.63) is 71.2 Å². The Balaban J connectivity index is 1.72. The van der Waals surface area contributed by atoms with Gasteiger partial charge in [0.15, 0.2) is 23.0 Å². The smallest absolute Gasteiger partial charge is 0.290 e. The number of furan rings is 1. The van der Waals surface area contributed by atoms with E-state index in [4.69, 9.17) is 18.6 Å². The summed E-state index contributed by atoms with van der Waals surface area (Å²) in [5, 5.41) is 11.6. The molecule has 190 valence electrons. The Morgan fingerprint density at radius 1 is 1.06 bits per heavy atom. The molecule has 2 aromatic carbocycles. The molecule has 8 heteroatoms. The molecule has 2 heterocycles. The van der Waals surface area contributed by atoms with E-state index in [0.29, 0.717) is 29.3 Å². The number of methoxy groups -OCH3 is 2. The number of benzene rings is 2. The zero-order valence-corrected chi connectivity index (χ0v) is 20.8. The molecule has 1 N–H and O–H groups in total. The van der Waals surface area contributed by atoms with Crippen molar-refractivity contribution < 1.29 is 33.3 Å². The number of hydrogen-bond acceptors (Lipinski definition) is 7. The standard InChI is InChI=1S/C28H31NO7/c1-4-5-8-14-35-21-12-11-19(17-22(21)34-3)25-24(27(31)28(32)29(25)13-15-33-2)26(30)23-16-18-9-6-7-10-20(18)36-23/h6-7,9-12,16-17,25,31H,4-5,8,13-15H2,1-3H3. The maximum absolute atomic E-state index is 13.6. The molecular weight excluding hydrogens is 462 g/mol. The van der Waals surface area contributed by atoms with Crippen LogP contribution in [0.3, 0.4) is 0 Å². The summed E-state index contributed by atoms with van der Waals surface area (Å²) in [6, 6.07) is 13.3. The molecule has 1 atom stereocenters. The molecule has 1 aromatic heterocycles. The van der Waals surface area contributed by atoms with Gasteiger partial charge in [-0.25, -0.2) is 0 Å². The van der Waals surface area contributed by atoms with Gasteiger partial charge in [-0.3, -0.25) is 9.59 Å². The molecular formula is C28H31NO7. The van der Waals surface area contributed by atoms with Gasteiger partial charge in [-0.15, -0.1) is 0 Å². The van der Waals surface area contributed by atoms with Crippen LogP contribution in [-0.4, -0.2) is 55.7 Å². The molecule has 36 heavy (non-hydrogen) atoms. The fourth-order valence-electron chi connectivity index (χ4n) is 4.39. The number of nitrogens with zero attached hydrogens (tertiary/aromatic N) is 1. The number of rotatable bonds is 12. The van der Waals surface area contributed by atoms with Crippen molar-refractivity contribution in [3.8, 4) is 11.5 Å². The Kier molecular flexibility index (Phi) is 7.95. The van der Waals surface area contributed by atoms with Crippen LogP contribution in [0, 0.1) is 0 Å². The topological polar surface area (TPSA) is 98.4 Å². The van der Waals surface area contributed by atoms with Crippen molar-refractivity contribution in [2.45, 2.75) is 32.2 Å². The third kappa shape index (κ3) is 4.95. The monoisotopic (exact) mass is 493 g/mol. The summed E-state index contributed by atoms with van der Waals surface area (Å²) >= 11 is 0. The minimum Gasteiger partial charge on any atom is -0.503 e. The van der Waals surface area contributed by atoms with Crippen LogP contribution in [0.2, 0.25) is 0 Å². The maximum atomic E-state index is 13.6. The molecule has 3 aromatic rings. The Morgan fingerprint density at radius 3 is 2.58 bits per heavy atom. The fourth-order valence-corrected chi connectivity index (χ4v) is 4.39. The lowest BCUT2D eigenvalue weighted by atomic mass is 9.94. The van der Waals surface area contributed by atoms with Gasteiger partial charge < -0.3 is 28.6 Å². The van der Waals surface area contributed by atoms with Crippen molar-refractivity contribution in [1.82, 2.24) is 4.90 Å². The van der Waals surface area contributed by atoms with E-state index in [2.05, 4.69) is 6.92 Å². The zero-order valence-electron chi connectivity index (χ0n) is 20.8. The van der Waals surface area contributed by atoms with E-state index in [-0.39, 0.29) is 24.5 Å². The van der Waals surface area contributed by atoms with Crippen LogP contribution in [-0.2, 0) is 9.53 Å². The third-order valence-electron chi connectivity index (χ3n) is 6.24. The highest BCUT2D eigenvalue weighted by Gasteiger charge is 2.44. The third-order valence-corrected chi connectivity index (χ3v) is 6.24. The van der Waals surface area contributed by atoms with E-state index in [9.17, 15) is 14.7 Å². The molecule has 0 saturated heterocycles. The number of unbranched alkanes of at least 4 members (excludes halogenated alkanes) is 2. The van der Waals surface area contributed by atoms with E-state index < -0.39 is 23.5 Å². The molecule has 1 aliphatic rings. The highest BCUT2D eigenvalue weighted by molar-refractivity contribution is 6.16. The van der Waals surface area contributed by atoms with E-state index in [0.717, 1.165) is 24.6 Å². The predicted octanol–water partition coefficient (Wildman–Crippen LogP) is 5.24. The Morgan fingerprint density at radius 2 is 1.86 bits per heavy atom. The van der Waals surface area contributed by atoms with Crippen LogP contribution in [0.1, 0.15) is 48.3 Å². The minimum atomic E-state index is -0.851.